The molecule has 3 heterocycles. The highest BCUT2D eigenvalue weighted by atomic mass is 32.2. The van der Waals surface area contributed by atoms with Crippen LogP contribution in [-0.4, -0.2) is 11.2 Å². The van der Waals surface area contributed by atoms with Crippen molar-refractivity contribution < 1.29 is 8.83 Å². The van der Waals surface area contributed by atoms with E-state index in [4.69, 9.17) is 0 Å². The molecule has 0 atom stereocenters. The first kappa shape index (κ1) is 52.0. The molecule has 6 aromatic carbocycles. The Labute approximate surface area is 400 Å². The molecule has 2 saturated carbocycles. The maximum Gasteiger partial charge on any atom is 0.0902 e. The molecule has 0 saturated heterocycles. The Morgan fingerprint density at radius 3 is 0.985 bits per heavy atom. The van der Waals surface area contributed by atoms with E-state index in [1.807, 2.05) is 97.1 Å². The molecule has 0 radical (unpaired) electrons. The number of thioether (sulfide) groups is 1. The lowest BCUT2D eigenvalue weighted by Gasteiger charge is -2.05. The molecule has 340 valence electrons. The van der Waals surface area contributed by atoms with E-state index in [-0.39, 0.29) is 0 Å². The van der Waals surface area contributed by atoms with Crippen LogP contribution in [0.5, 0.6) is 0 Å². The van der Waals surface area contributed by atoms with Crippen LogP contribution in [0.25, 0.3) is 28.0 Å². The van der Waals surface area contributed by atoms with Gasteiger partial charge in [0.05, 0.1) is 25.1 Å². The van der Waals surface area contributed by atoms with Crippen molar-refractivity contribution in [2.24, 2.45) is 0 Å². The summed E-state index contributed by atoms with van der Waals surface area (Å²) in [5.41, 5.74) is 7.01. The Morgan fingerprint density at radius 2 is 0.682 bits per heavy atom. The standard InChI is InChI=1S/C13H10.C10H8.C9H10S.C6H12.C6H6.C5H5N.C5H10.2C4H4O/c1-3-7-12-10(5-1)9-11-6-2-4-8-13(11)12;1-2-6-10-8-4-3-7-9(10)5-1;1-10-8-7-9-5-3-2-4-6-9;3*1-2-4-6-5-3-1;3*1-2-4-5-3-1/h1-8H,9H2;1-8H;2-8H,1H3;1-6H2;1-6H;1-5H;1-5H2;2*1-4H/b;;8-7-;;;;;;. The Kier molecular flexibility index (Phi) is 28.9. The Morgan fingerprint density at radius 1 is 0.364 bits per heavy atom. The molecule has 66 heavy (non-hydrogen) atoms. The van der Waals surface area contributed by atoms with E-state index in [2.05, 4.69) is 141 Å². The second-order valence-electron chi connectivity index (χ2n) is 15.4. The van der Waals surface area contributed by atoms with Crippen molar-refractivity contribution >= 4 is 28.6 Å². The highest BCUT2D eigenvalue weighted by molar-refractivity contribution is 8.01. The van der Waals surface area contributed by atoms with Gasteiger partial charge in [-0.25, -0.2) is 0 Å². The molecule has 0 amide bonds. The highest BCUT2D eigenvalue weighted by Crippen LogP contribution is 2.35. The lowest BCUT2D eigenvalue weighted by atomic mass is 10.0. The number of fused-ring (bicyclic) bond motifs is 4. The summed E-state index contributed by atoms with van der Waals surface area (Å²) in [5, 5.41) is 4.70. The van der Waals surface area contributed by atoms with Gasteiger partial charge in [-0.1, -0.05) is 240 Å². The summed E-state index contributed by atoms with van der Waals surface area (Å²) < 4.78 is 9.17. The number of aromatic nitrogens is 1. The lowest BCUT2D eigenvalue weighted by Crippen LogP contribution is -1.85. The zero-order valence-electron chi connectivity index (χ0n) is 38.9. The van der Waals surface area contributed by atoms with Crippen molar-refractivity contribution in [1.29, 1.82) is 0 Å². The Hall–Kier alpha value is -6.62. The van der Waals surface area contributed by atoms with E-state index in [0.29, 0.717) is 0 Å². The van der Waals surface area contributed by atoms with Gasteiger partial charge >= 0.3 is 0 Å². The molecule has 9 aromatic rings. The molecule has 0 unspecified atom stereocenters. The molecule has 0 N–H and O–H groups in total. The zero-order valence-corrected chi connectivity index (χ0v) is 39.7. The van der Waals surface area contributed by atoms with Crippen LogP contribution in [0.1, 0.15) is 87.3 Å². The molecular weight excluding hydrogens is 823 g/mol. The first-order chi connectivity index (χ1) is 32.8. The minimum absolute atomic E-state index is 1.10. The third-order valence-electron chi connectivity index (χ3n) is 10.4. The van der Waals surface area contributed by atoms with Gasteiger partial charge in [-0.2, -0.15) is 0 Å². The number of hydrogen-bond donors (Lipinski definition) is 0. The third kappa shape index (κ3) is 24.4. The second kappa shape index (κ2) is 36.7. The minimum Gasteiger partial charge on any atom is -0.473 e. The van der Waals surface area contributed by atoms with Crippen LogP contribution in [-0.2, 0) is 6.42 Å². The quantitative estimate of drug-likeness (QED) is 0.173. The summed E-state index contributed by atoms with van der Waals surface area (Å²) in [6.07, 6.45) is 31.8. The molecule has 3 aliphatic rings. The molecule has 3 aromatic heterocycles. The number of furan rings is 2. The van der Waals surface area contributed by atoms with Crippen LogP contribution in [0, 0.1) is 0 Å². The van der Waals surface area contributed by atoms with Gasteiger partial charge in [-0.05, 0) is 99.1 Å². The van der Waals surface area contributed by atoms with E-state index >= 15 is 0 Å². The van der Waals surface area contributed by atoms with E-state index in [1.54, 1.807) is 49.2 Å². The van der Waals surface area contributed by atoms with Gasteiger partial charge in [-0.15, -0.1) is 11.8 Å². The predicted molar refractivity (Wildman–Crippen MR) is 287 cm³/mol. The molecule has 0 bridgehead atoms. The van der Waals surface area contributed by atoms with E-state index in [9.17, 15) is 0 Å². The summed E-state index contributed by atoms with van der Waals surface area (Å²) in [5.74, 6) is 0. The fraction of sp³-hybridized carbons (Fsp3) is 0.210. The fourth-order valence-corrected chi connectivity index (χ4v) is 7.31. The molecule has 12 rings (SSSR count). The number of pyridine rings is 1. The molecule has 2 fully saturated rings. The summed E-state index contributed by atoms with van der Waals surface area (Å²) in [6.45, 7) is 0. The van der Waals surface area contributed by atoms with E-state index < -0.39 is 0 Å². The average molecular weight is 892 g/mol. The molecule has 4 heteroatoms. The van der Waals surface area contributed by atoms with Crippen LogP contribution in [0.2, 0.25) is 0 Å². The van der Waals surface area contributed by atoms with Gasteiger partial charge in [0.1, 0.15) is 0 Å². The van der Waals surface area contributed by atoms with Crippen molar-refractivity contribution in [3.63, 3.8) is 0 Å². The van der Waals surface area contributed by atoms with Crippen molar-refractivity contribution in [3.8, 4) is 11.1 Å². The predicted octanol–water partition coefficient (Wildman–Crippen LogP) is 18.7. The Balaban J connectivity index is 0.000000166. The average Bonchev–Trinajstić information content (AvgIpc) is 4.30. The van der Waals surface area contributed by atoms with Crippen molar-refractivity contribution in [1.82, 2.24) is 4.98 Å². The molecule has 3 nitrogen and oxygen atoms in total. The van der Waals surface area contributed by atoms with Gasteiger partial charge in [-0.3, -0.25) is 4.98 Å². The highest BCUT2D eigenvalue weighted by Gasteiger charge is 2.15. The maximum atomic E-state index is 4.58. The van der Waals surface area contributed by atoms with Crippen molar-refractivity contribution in [2.75, 3.05) is 6.26 Å². The minimum atomic E-state index is 1.10. The first-order valence-electron chi connectivity index (χ1n) is 23.5. The third-order valence-corrected chi connectivity index (χ3v) is 10.8. The van der Waals surface area contributed by atoms with Crippen LogP contribution in [0.4, 0.5) is 0 Å². The van der Waals surface area contributed by atoms with Crippen LogP contribution in [0.15, 0.2) is 258 Å². The van der Waals surface area contributed by atoms with Gasteiger partial charge in [0, 0.05) is 12.4 Å². The monoisotopic (exact) mass is 892 g/mol. The summed E-state index contributed by atoms with van der Waals surface area (Å²) in [7, 11) is 0. The maximum absolute atomic E-state index is 4.58. The largest absolute Gasteiger partial charge is 0.473 e. The van der Waals surface area contributed by atoms with E-state index in [0.717, 1.165) is 6.42 Å². The van der Waals surface area contributed by atoms with Crippen molar-refractivity contribution in [2.45, 2.75) is 77.0 Å². The summed E-state index contributed by atoms with van der Waals surface area (Å²) in [4.78, 5) is 3.78. The number of rotatable bonds is 2. The smallest absolute Gasteiger partial charge is 0.0902 e. The number of hydrogen-bond acceptors (Lipinski definition) is 4. The van der Waals surface area contributed by atoms with Gasteiger partial charge < -0.3 is 8.83 Å². The normalized spacial score (nSPS) is 12.2. The number of benzene rings is 6. The Bertz CT molecular complexity index is 2130. The lowest BCUT2D eigenvalue weighted by molar-refractivity contribution is 0.504. The molecular formula is C62H69NO2S. The first-order valence-corrected chi connectivity index (χ1v) is 24.8. The summed E-state index contributed by atoms with van der Waals surface area (Å²) >= 11 is 1.72. The zero-order chi connectivity index (χ0) is 46.1. The molecule has 3 aliphatic carbocycles. The van der Waals surface area contributed by atoms with E-state index in [1.165, 1.54) is 109 Å². The van der Waals surface area contributed by atoms with Gasteiger partial charge in [0.25, 0.3) is 0 Å². The molecule has 0 aliphatic heterocycles. The van der Waals surface area contributed by atoms with Crippen LogP contribution in [0.3, 0.4) is 0 Å². The SMILES string of the molecule is C1CCCC1.C1CCCCC1.CS/C=C\c1ccccc1.c1ccc2c(c1)Cc1ccccc1-2.c1ccc2ccccc2c1.c1ccccc1.c1ccncc1.c1ccoc1.c1ccoc1. The van der Waals surface area contributed by atoms with Crippen LogP contribution >= 0.6 is 11.8 Å². The van der Waals surface area contributed by atoms with Gasteiger partial charge in [0.15, 0.2) is 0 Å². The number of nitrogens with zero attached hydrogens (tertiary/aromatic N) is 1. The summed E-state index contributed by atoms with van der Waals surface area (Å²) in [6, 6.07) is 69.4. The van der Waals surface area contributed by atoms with Crippen LogP contribution < -0.4 is 0 Å². The fourth-order valence-electron chi connectivity index (χ4n) is 7.02. The molecule has 0 spiro atoms. The van der Waals surface area contributed by atoms with Crippen molar-refractivity contribution in [3.05, 3.63) is 266 Å². The topological polar surface area (TPSA) is 39.2 Å². The second-order valence-corrected chi connectivity index (χ2v) is 16.2. The van der Waals surface area contributed by atoms with Gasteiger partial charge in [0.2, 0.25) is 0 Å².